The second-order valence-electron chi connectivity index (χ2n) is 11.1. The van der Waals surface area contributed by atoms with Crippen LogP contribution in [0.4, 0.5) is 14.5 Å². The van der Waals surface area contributed by atoms with Crippen LogP contribution in [0.25, 0.3) is 0 Å². The van der Waals surface area contributed by atoms with Crippen LogP contribution >= 0.6 is 23.2 Å². The monoisotopic (exact) mass is 585 g/mol. The Kier molecular flexibility index (Phi) is 8.23. The normalized spacial score (nSPS) is 22.5. The zero-order valence-corrected chi connectivity index (χ0v) is 23.4. The molecule has 0 aromatic heterocycles. The van der Waals surface area contributed by atoms with Gasteiger partial charge in [-0.15, -0.1) is 0 Å². The number of hydrogen-bond donors (Lipinski definition) is 3. The molecule has 1 aliphatic heterocycles. The Morgan fingerprint density at radius 3 is 2.35 bits per heavy atom. The average molecular weight is 586 g/mol. The van der Waals surface area contributed by atoms with E-state index in [0.29, 0.717) is 12.1 Å². The summed E-state index contributed by atoms with van der Waals surface area (Å²) in [6.07, 6.45) is 0.332. The molecule has 1 saturated heterocycles. The molecular formula is C30H27Cl2F2N3O3. The fourth-order valence-electron chi connectivity index (χ4n) is 5.47. The fraction of sp³-hybridized carbons (Fsp3) is 0.300. The molecule has 4 atom stereocenters. The second kappa shape index (κ2) is 11.2. The van der Waals surface area contributed by atoms with Crippen molar-refractivity contribution in [1.82, 2.24) is 5.32 Å². The van der Waals surface area contributed by atoms with E-state index in [2.05, 4.69) is 16.7 Å². The van der Waals surface area contributed by atoms with Crippen LogP contribution in [0.15, 0.2) is 60.7 Å². The van der Waals surface area contributed by atoms with Gasteiger partial charge in [0.15, 0.2) is 0 Å². The first-order valence-corrected chi connectivity index (χ1v) is 13.2. The van der Waals surface area contributed by atoms with E-state index in [9.17, 15) is 20.0 Å². The SMILES string of the molecule is CC(C)(C)C[C@@H]1N[C@@H](C(=O)Nc2ccc(C(=O)O)cc2)[C@H](c2cccc(Cl)c2F)[C@@]1(C#N)c1ccc(Cl)cc1F. The van der Waals surface area contributed by atoms with E-state index in [1.807, 2.05) is 20.8 Å². The quantitative estimate of drug-likeness (QED) is 0.291. The maximum Gasteiger partial charge on any atom is 0.335 e. The second-order valence-corrected chi connectivity index (χ2v) is 11.9. The van der Waals surface area contributed by atoms with Gasteiger partial charge in [-0.1, -0.05) is 62.2 Å². The van der Waals surface area contributed by atoms with Crippen LogP contribution in [0.5, 0.6) is 0 Å². The van der Waals surface area contributed by atoms with E-state index in [4.69, 9.17) is 23.2 Å². The zero-order chi connectivity index (χ0) is 29.4. The summed E-state index contributed by atoms with van der Waals surface area (Å²) in [6, 6.07) is 14.1. The van der Waals surface area contributed by atoms with E-state index < -0.39 is 46.9 Å². The molecule has 4 rings (SSSR count). The van der Waals surface area contributed by atoms with E-state index in [1.165, 1.54) is 54.6 Å². The minimum absolute atomic E-state index is 0.0197. The van der Waals surface area contributed by atoms with Crippen LogP contribution in [-0.4, -0.2) is 29.1 Å². The van der Waals surface area contributed by atoms with Crippen molar-refractivity contribution < 1.29 is 23.5 Å². The number of nitrogens with one attached hydrogen (secondary N) is 2. The van der Waals surface area contributed by atoms with Crippen LogP contribution in [0.1, 0.15) is 54.6 Å². The van der Waals surface area contributed by atoms with Crippen molar-refractivity contribution in [2.24, 2.45) is 5.41 Å². The third-order valence-corrected chi connectivity index (χ3v) is 7.66. The number of carboxylic acids is 1. The number of benzene rings is 3. The third-order valence-electron chi connectivity index (χ3n) is 7.13. The molecule has 3 N–H and O–H groups in total. The number of nitrogens with zero attached hydrogens (tertiary/aromatic N) is 1. The van der Waals surface area contributed by atoms with Gasteiger partial charge in [0.1, 0.15) is 17.0 Å². The zero-order valence-electron chi connectivity index (χ0n) is 21.9. The summed E-state index contributed by atoms with van der Waals surface area (Å²) in [4.78, 5) is 25.1. The predicted molar refractivity (Wildman–Crippen MR) is 150 cm³/mol. The number of amides is 1. The Morgan fingerprint density at radius 2 is 1.77 bits per heavy atom. The number of carbonyl (C=O) groups excluding carboxylic acids is 1. The number of rotatable bonds is 6. The van der Waals surface area contributed by atoms with E-state index in [0.717, 1.165) is 6.07 Å². The number of nitriles is 1. The van der Waals surface area contributed by atoms with Crippen molar-refractivity contribution in [2.75, 3.05) is 5.32 Å². The van der Waals surface area contributed by atoms with Gasteiger partial charge in [-0.25, -0.2) is 13.6 Å². The number of aromatic carboxylic acids is 1. The van der Waals surface area contributed by atoms with Gasteiger partial charge in [0.25, 0.3) is 0 Å². The Balaban J connectivity index is 1.92. The first-order valence-electron chi connectivity index (χ1n) is 12.5. The number of carbonyl (C=O) groups is 2. The van der Waals surface area contributed by atoms with Crippen molar-refractivity contribution in [1.29, 1.82) is 5.26 Å². The van der Waals surface area contributed by atoms with E-state index >= 15 is 8.78 Å². The number of carboxylic acid groups (broad SMARTS) is 1. The Hall–Kier alpha value is -3.51. The molecule has 1 fully saturated rings. The van der Waals surface area contributed by atoms with Gasteiger partial charge in [0.2, 0.25) is 5.91 Å². The molecule has 1 aliphatic rings. The summed E-state index contributed by atoms with van der Waals surface area (Å²) in [5.41, 5.74) is -1.84. The lowest BCUT2D eigenvalue weighted by molar-refractivity contribution is -0.118. The number of halogens is 4. The highest BCUT2D eigenvalue weighted by Gasteiger charge is 2.61. The Labute approximate surface area is 240 Å². The van der Waals surface area contributed by atoms with Gasteiger partial charge in [0.05, 0.1) is 22.7 Å². The molecule has 3 aromatic carbocycles. The van der Waals surface area contributed by atoms with Crippen molar-refractivity contribution in [3.8, 4) is 6.07 Å². The molecule has 1 amide bonds. The highest BCUT2D eigenvalue weighted by molar-refractivity contribution is 6.31. The highest BCUT2D eigenvalue weighted by atomic mass is 35.5. The van der Waals surface area contributed by atoms with Crippen molar-refractivity contribution >= 4 is 40.8 Å². The van der Waals surface area contributed by atoms with Gasteiger partial charge in [-0.05, 0) is 59.9 Å². The molecule has 1 heterocycles. The number of anilines is 1. The van der Waals surface area contributed by atoms with Crippen molar-refractivity contribution in [3.05, 3.63) is 99.0 Å². The maximum atomic E-state index is 15.7. The predicted octanol–water partition coefficient (Wildman–Crippen LogP) is 6.93. The molecular weight excluding hydrogens is 559 g/mol. The molecule has 0 unspecified atom stereocenters. The molecule has 10 heteroatoms. The molecule has 208 valence electrons. The van der Waals surface area contributed by atoms with Gasteiger partial charge >= 0.3 is 5.97 Å². The summed E-state index contributed by atoms with van der Waals surface area (Å²) in [6.45, 7) is 5.84. The van der Waals surface area contributed by atoms with E-state index in [1.54, 1.807) is 0 Å². The fourth-order valence-corrected chi connectivity index (χ4v) is 5.81. The van der Waals surface area contributed by atoms with Crippen LogP contribution in [0.2, 0.25) is 10.0 Å². The van der Waals surface area contributed by atoms with E-state index in [-0.39, 0.29) is 32.2 Å². The number of hydrogen-bond acceptors (Lipinski definition) is 4. The smallest absolute Gasteiger partial charge is 0.335 e. The van der Waals surface area contributed by atoms with Crippen LogP contribution < -0.4 is 10.6 Å². The molecule has 40 heavy (non-hydrogen) atoms. The summed E-state index contributed by atoms with van der Waals surface area (Å²) in [7, 11) is 0. The van der Waals surface area contributed by atoms with Gasteiger partial charge in [0, 0.05) is 28.2 Å². The Bertz CT molecular complexity index is 1500. The average Bonchev–Trinajstić information content (AvgIpc) is 3.19. The lowest BCUT2D eigenvalue weighted by Crippen LogP contribution is -2.45. The summed E-state index contributed by atoms with van der Waals surface area (Å²) in [5, 5.41) is 25.9. The maximum absolute atomic E-state index is 15.7. The van der Waals surface area contributed by atoms with Crippen molar-refractivity contribution in [2.45, 2.75) is 50.6 Å². The van der Waals surface area contributed by atoms with Gasteiger partial charge < -0.3 is 15.7 Å². The van der Waals surface area contributed by atoms with Crippen LogP contribution in [0.3, 0.4) is 0 Å². The standard InChI is InChI=1S/C30H27Cl2F2N3O3/c1-29(2,3)14-23-30(15-35,20-12-9-17(31)13-22(20)33)24(19-5-4-6-21(32)25(19)34)26(37-23)27(38)36-18-10-7-16(8-11-18)28(39)40/h4-13,23-24,26,37H,14H2,1-3H3,(H,36,38)(H,39,40)/t23-,24-,26+,30-/m0/s1. The summed E-state index contributed by atoms with van der Waals surface area (Å²) in [5.74, 6) is -4.52. The molecule has 0 spiro atoms. The minimum atomic E-state index is -1.75. The summed E-state index contributed by atoms with van der Waals surface area (Å²) < 4.78 is 31.3. The molecule has 3 aromatic rings. The molecule has 0 radical (unpaired) electrons. The minimum Gasteiger partial charge on any atom is -0.478 e. The van der Waals surface area contributed by atoms with Gasteiger partial charge in [-0.3, -0.25) is 4.79 Å². The third kappa shape index (κ3) is 5.55. The molecule has 0 aliphatic carbocycles. The van der Waals surface area contributed by atoms with Gasteiger partial charge in [-0.2, -0.15) is 5.26 Å². The first kappa shape index (κ1) is 29.5. The molecule has 6 nitrogen and oxygen atoms in total. The van der Waals surface area contributed by atoms with Crippen LogP contribution in [0, 0.1) is 28.4 Å². The van der Waals surface area contributed by atoms with Crippen molar-refractivity contribution in [3.63, 3.8) is 0 Å². The van der Waals surface area contributed by atoms with Crippen LogP contribution in [-0.2, 0) is 10.2 Å². The lowest BCUT2D eigenvalue weighted by Gasteiger charge is -2.37. The Morgan fingerprint density at radius 1 is 1.10 bits per heavy atom. The topological polar surface area (TPSA) is 102 Å². The first-order chi connectivity index (χ1) is 18.8. The summed E-state index contributed by atoms with van der Waals surface area (Å²) >= 11 is 12.2. The lowest BCUT2D eigenvalue weighted by atomic mass is 9.62. The largest absolute Gasteiger partial charge is 0.478 e. The highest BCUT2D eigenvalue weighted by Crippen LogP contribution is 2.52. The molecule has 0 saturated carbocycles. The molecule has 0 bridgehead atoms.